The molecule has 1 aliphatic rings. The highest BCUT2D eigenvalue weighted by Gasteiger charge is 2.39. The third-order valence-corrected chi connectivity index (χ3v) is 10.2. The van der Waals surface area contributed by atoms with Gasteiger partial charge < -0.3 is 63.7 Å². The molecule has 0 saturated carbocycles. The number of benzene rings is 2. The Labute approximate surface area is 362 Å². The summed E-state index contributed by atoms with van der Waals surface area (Å²) < 4.78 is 0.623. The summed E-state index contributed by atoms with van der Waals surface area (Å²) in [5.74, 6) is -4.87. The molecule has 0 spiro atoms. The number of nitrogens with one attached hydrogen (secondary N) is 5. The summed E-state index contributed by atoms with van der Waals surface area (Å²) in [5, 5.41) is 37.3. The maximum atomic E-state index is 14.0. The molecule has 20 nitrogen and oxygen atoms in total. The van der Waals surface area contributed by atoms with E-state index >= 15 is 0 Å². The Kier molecular flexibility index (Phi) is 20.5. The lowest BCUT2D eigenvalue weighted by Crippen LogP contribution is -2.59. The van der Waals surface area contributed by atoms with Gasteiger partial charge in [0.2, 0.25) is 29.5 Å². The van der Waals surface area contributed by atoms with Gasteiger partial charge in [0.15, 0.2) is 6.61 Å². The quantitative estimate of drug-likeness (QED) is 0.0373. The van der Waals surface area contributed by atoms with Gasteiger partial charge in [0.05, 0.1) is 23.9 Å². The highest BCUT2D eigenvalue weighted by molar-refractivity contribution is 9.10. The van der Waals surface area contributed by atoms with Crippen LogP contribution in [0, 0.1) is 0 Å². The normalized spacial score (nSPS) is 15.7. The van der Waals surface area contributed by atoms with Crippen molar-refractivity contribution in [2.45, 2.75) is 95.5 Å². The van der Waals surface area contributed by atoms with Crippen molar-refractivity contribution >= 4 is 68.7 Å². The van der Waals surface area contributed by atoms with Crippen molar-refractivity contribution in [1.82, 2.24) is 26.2 Å². The largest absolute Gasteiger partial charge is 0.507 e. The van der Waals surface area contributed by atoms with Crippen LogP contribution < -0.4 is 43.8 Å². The number of halogens is 1. The number of primary amides is 1. The number of anilines is 1. The molecular weight excluding hydrogens is 860 g/mol. The molecule has 1 aliphatic heterocycles. The molecule has 2 aromatic rings. The molecule has 0 aromatic heterocycles. The van der Waals surface area contributed by atoms with E-state index < -0.39 is 84.8 Å². The van der Waals surface area contributed by atoms with Crippen LogP contribution in [0.4, 0.5) is 5.69 Å². The van der Waals surface area contributed by atoms with Crippen LogP contribution in [-0.2, 0) is 33.6 Å². The average Bonchev–Trinajstić information content (AvgIpc) is 3.72. The Hall–Kier alpha value is -5.64. The number of hydrogen-bond acceptors (Lipinski definition) is 13. The fraction of sp³-hybridized carbons (Fsp3) is 0.500. The third-order valence-electron chi connectivity index (χ3n) is 9.66. The first-order valence-corrected chi connectivity index (χ1v) is 20.8. The van der Waals surface area contributed by atoms with Crippen LogP contribution in [0.1, 0.15) is 81.1 Å². The Balaban J connectivity index is 1.63. The molecule has 0 aliphatic carbocycles. The smallest absolute Gasteiger partial charge is 0.261 e. The highest BCUT2D eigenvalue weighted by Crippen LogP contribution is 2.24. The summed E-state index contributed by atoms with van der Waals surface area (Å²) in [6, 6.07) is 6.40. The van der Waals surface area contributed by atoms with Crippen molar-refractivity contribution < 1.29 is 48.6 Å². The Morgan fingerprint density at radius 2 is 1.57 bits per heavy atom. The first-order chi connectivity index (χ1) is 29.1. The summed E-state index contributed by atoms with van der Waals surface area (Å²) in [7, 11) is 0. The zero-order valence-corrected chi connectivity index (χ0v) is 35.9. The fourth-order valence-corrected chi connectivity index (χ4v) is 6.75. The van der Waals surface area contributed by atoms with Gasteiger partial charge in [0.25, 0.3) is 11.8 Å². The SMILES string of the molecule is C/C(=N\OCC(=O)N[C@H](C(=O)N[C@@H](CCCCN)C(=O)N1CCC[C@H]1C(=O)N[C@@H](CCCCN)C(=O)NCC(N)=O)[C@@H](C)O)c1ccc(NC(=O)c2cc(Br)ccc2O)cc1. The molecule has 0 radical (unpaired) electrons. The second kappa shape index (κ2) is 25.2. The van der Waals surface area contributed by atoms with E-state index in [1.165, 1.54) is 24.0 Å². The van der Waals surface area contributed by atoms with Crippen LogP contribution in [0.2, 0.25) is 0 Å². The molecule has 13 N–H and O–H groups in total. The minimum Gasteiger partial charge on any atom is -0.507 e. The zero-order chi connectivity index (χ0) is 45.1. The zero-order valence-electron chi connectivity index (χ0n) is 34.3. The van der Waals surface area contributed by atoms with Crippen LogP contribution >= 0.6 is 15.9 Å². The van der Waals surface area contributed by atoms with Crippen LogP contribution in [0.3, 0.4) is 0 Å². The Bertz CT molecular complexity index is 1880. The maximum absolute atomic E-state index is 14.0. The molecule has 7 amide bonds. The van der Waals surface area contributed by atoms with Crippen LogP contribution in [-0.4, -0.2) is 125 Å². The molecule has 61 heavy (non-hydrogen) atoms. The van der Waals surface area contributed by atoms with Crippen molar-refractivity contribution in [3.63, 3.8) is 0 Å². The number of nitrogens with zero attached hydrogens (tertiary/aromatic N) is 2. The number of hydrogen-bond donors (Lipinski definition) is 10. The fourth-order valence-electron chi connectivity index (χ4n) is 6.39. The molecule has 3 rings (SSSR count). The van der Waals surface area contributed by atoms with E-state index in [0.717, 1.165) is 0 Å². The lowest BCUT2D eigenvalue weighted by atomic mass is 10.0. The monoisotopic (exact) mass is 916 g/mol. The number of unbranched alkanes of at least 4 members (excludes halogenated alkanes) is 2. The van der Waals surface area contributed by atoms with E-state index in [0.29, 0.717) is 66.6 Å². The van der Waals surface area contributed by atoms with Gasteiger partial charge in [-0.05, 0) is 114 Å². The van der Waals surface area contributed by atoms with E-state index in [4.69, 9.17) is 22.0 Å². The maximum Gasteiger partial charge on any atom is 0.261 e. The van der Waals surface area contributed by atoms with E-state index in [9.17, 15) is 43.8 Å². The second-order valence-corrected chi connectivity index (χ2v) is 15.4. The van der Waals surface area contributed by atoms with Crippen molar-refractivity contribution in [3.05, 3.63) is 58.1 Å². The van der Waals surface area contributed by atoms with Crippen molar-refractivity contribution in [3.8, 4) is 5.75 Å². The number of nitrogens with two attached hydrogens (primary N) is 3. The molecule has 1 saturated heterocycles. The number of aliphatic hydroxyl groups is 1. The number of carbonyl (C=O) groups excluding carboxylic acids is 7. The van der Waals surface area contributed by atoms with Crippen molar-refractivity contribution in [2.24, 2.45) is 22.4 Å². The van der Waals surface area contributed by atoms with Crippen LogP contribution in [0.15, 0.2) is 52.1 Å². The number of phenolic OH excluding ortho intramolecular Hbond substituents is 1. The predicted molar refractivity (Wildman–Crippen MR) is 229 cm³/mol. The second-order valence-electron chi connectivity index (χ2n) is 14.5. The standard InChI is InChI=1S/C40H57BrN10O10/c1-23(25-11-14-27(15-12-25)46-36(56)28-20-26(41)13-16-32(28)53)50-61-22-34(55)49-35(24(2)52)39(59)48-30(9-4-6-18-43)40(60)51-19-7-10-31(51)38(58)47-29(8-3-5-17-42)37(57)45-21-33(44)54/h11-16,20,24,29-31,35,52-53H,3-10,17-19,21-22,42-43H2,1-2H3,(H2,44,54)(H,45,57)(H,46,56)(H,47,58)(H,48,59)(H,49,55)/b50-23+/t24-,29+,30+,31+,35+/m1/s1. The molecule has 21 heteroatoms. The van der Waals surface area contributed by atoms with Gasteiger partial charge in [-0.15, -0.1) is 0 Å². The van der Waals surface area contributed by atoms with Gasteiger partial charge in [-0.1, -0.05) is 33.2 Å². The van der Waals surface area contributed by atoms with Gasteiger partial charge in [0.1, 0.15) is 29.9 Å². The summed E-state index contributed by atoms with van der Waals surface area (Å²) in [4.78, 5) is 97.3. The highest BCUT2D eigenvalue weighted by atomic mass is 79.9. The van der Waals surface area contributed by atoms with Gasteiger partial charge in [-0.2, -0.15) is 0 Å². The van der Waals surface area contributed by atoms with E-state index in [2.05, 4.69) is 47.7 Å². The molecule has 1 fully saturated rings. The Morgan fingerprint density at radius 1 is 0.918 bits per heavy atom. The first kappa shape index (κ1) is 49.7. The first-order valence-electron chi connectivity index (χ1n) is 20.0. The number of carbonyl (C=O) groups is 7. The lowest BCUT2D eigenvalue weighted by molar-refractivity contribution is -0.143. The van der Waals surface area contributed by atoms with E-state index in [1.807, 2.05) is 0 Å². The molecule has 1 heterocycles. The molecule has 5 atom stereocenters. The summed E-state index contributed by atoms with van der Waals surface area (Å²) in [6.07, 6.45) is 1.79. The molecule has 0 bridgehead atoms. The third kappa shape index (κ3) is 16.1. The number of rotatable bonds is 24. The minimum absolute atomic E-state index is 0.0837. The number of aliphatic hydroxyl groups excluding tert-OH is 1. The molecular formula is C40H57BrN10O10. The van der Waals surface area contributed by atoms with E-state index in [1.54, 1.807) is 37.3 Å². The summed E-state index contributed by atoms with van der Waals surface area (Å²) >= 11 is 3.27. The number of likely N-dealkylation sites (tertiary alicyclic amines) is 1. The van der Waals surface area contributed by atoms with Crippen molar-refractivity contribution in [2.75, 3.05) is 38.1 Å². The minimum atomic E-state index is -1.50. The number of aromatic hydroxyl groups is 1. The summed E-state index contributed by atoms with van der Waals surface area (Å²) in [5.41, 5.74) is 17.9. The van der Waals surface area contributed by atoms with Crippen molar-refractivity contribution in [1.29, 1.82) is 0 Å². The topological polar surface area (TPSA) is 323 Å². The van der Waals surface area contributed by atoms with Gasteiger partial charge in [0, 0.05) is 16.7 Å². The van der Waals surface area contributed by atoms with Gasteiger partial charge in [-0.25, -0.2) is 0 Å². The predicted octanol–water partition coefficient (Wildman–Crippen LogP) is -0.167. The molecule has 0 unspecified atom stereocenters. The van der Waals surface area contributed by atoms with Gasteiger partial charge in [-0.3, -0.25) is 33.6 Å². The number of oxime groups is 1. The number of phenols is 1. The van der Waals surface area contributed by atoms with Crippen LogP contribution in [0.5, 0.6) is 5.75 Å². The number of amides is 7. The van der Waals surface area contributed by atoms with E-state index in [-0.39, 0.29) is 37.1 Å². The lowest BCUT2D eigenvalue weighted by Gasteiger charge is -2.31. The molecule has 2 aromatic carbocycles. The van der Waals surface area contributed by atoms with Crippen LogP contribution in [0.25, 0.3) is 0 Å². The van der Waals surface area contributed by atoms with Gasteiger partial charge >= 0.3 is 0 Å². The average molecular weight is 918 g/mol. The summed E-state index contributed by atoms with van der Waals surface area (Å²) in [6.45, 7) is 2.75. The molecule has 334 valence electrons. The Morgan fingerprint density at radius 3 is 2.20 bits per heavy atom.